The van der Waals surface area contributed by atoms with Gasteiger partial charge in [0.1, 0.15) is 11.4 Å². The summed E-state index contributed by atoms with van der Waals surface area (Å²) in [6.45, 7) is 4.68. The van der Waals surface area contributed by atoms with Gasteiger partial charge in [-0.05, 0) is 54.1 Å². The summed E-state index contributed by atoms with van der Waals surface area (Å²) < 4.78 is 39.2. The Bertz CT molecular complexity index is 1630. The van der Waals surface area contributed by atoms with Gasteiger partial charge in [-0.3, -0.25) is 9.55 Å². The Labute approximate surface area is 204 Å². The van der Waals surface area contributed by atoms with Crippen molar-refractivity contribution in [1.82, 2.24) is 0 Å². The van der Waals surface area contributed by atoms with Crippen LogP contribution >= 0.6 is 0 Å². The summed E-state index contributed by atoms with van der Waals surface area (Å²) in [7, 11) is -4.07. The van der Waals surface area contributed by atoms with Crippen LogP contribution in [0.4, 0.5) is 11.4 Å². The molecular weight excluding hydrogens is 460 g/mol. The van der Waals surface area contributed by atoms with Gasteiger partial charge in [-0.25, -0.2) is 0 Å². The Kier molecular flexibility index (Phi) is 4.75. The molecule has 0 bridgehead atoms. The standard InChI is InChI=1S/C28H26N2O4S/c1-27(2)25-21-10-5-3-8-19(21)12-14-23(25)30(16-7-17-35(31,32)33)28(27)18-29-26-22-11-6-4-9-20(22)13-15-24(26)34-28/h3-6,8-15,18H,7,16-17H2,1-2H3,(H,31,32,33). The zero-order valence-corrected chi connectivity index (χ0v) is 20.4. The molecule has 1 N–H and O–H groups in total. The lowest BCUT2D eigenvalue weighted by Gasteiger charge is -2.46. The average molecular weight is 487 g/mol. The van der Waals surface area contributed by atoms with Crippen LogP contribution in [0.25, 0.3) is 21.5 Å². The first kappa shape index (κ1) is 22.1. The number of rotatable bonds is 4. The zero-order valence-electron chi connectivity index (χ0n) is 19.6. The SMILES string of the molecule is CC1(C)c2c(ccc3ccccc23)N(CCCS(=O)(=O)O)C12C=Nc1c(ccc3ccccc13)O2. The maximum absolute atomic E-state index is 11.5. The summed E-state index contributed by atoms with van der Waals surface area (Å²) in [5, 5.41) is 4.38. The van der Waals surface area contributed by atoms with E-state index < -0.39 is 21.3 Å². The van der Waals surface area contributed by atoms with E-state index in [1.807, 2.05) is 48.7 Å². The van der Waals surface area contributed by atoms with Crippen molar-refractivity contribution in [2.24, 2.45) is 4.99 Å². The molecule has 6 nitrogen and oxygen atoms in total. The van der Waals surface area contributed by atoms with Crippen molar-refractivity contribution < 1.29 is 17.7 Å². The number of ether oxygens (including phenoxy) is 1. The quantitative estimate of drug-likeness (QED) is 0.366. The van der Waals surface area contributed by atoms with Gasteiger partial charge in [-0.1, -0.05) is 60.7 Å². The van der Waals surface area contributed by atoms with Crippen molar-refractivity contribution >= 4 is 49.3 Å². The van der Waals surface area contributed by atoms with Crippen molar-refractivity contribution in [2.45, 2.75) is 31.4 Å². The van der Waals surface area contributed by atoms with Crippen LogP contribution in [0.15, 0.2) is 77.8 Å². The van der Waals surface area contributed by atoms with Gasteiger partial charge in [-0.2, -0.15) is 8.42 Å². The Balaban J connectivity index is 1.54. The smallest absolute Gasteiger partial charge is 0.264 e. The Morgan fingerprint density at radius 3 is 2.31 bits per heavy atom. The number of aliphatic imine (C=N–C) groups is 1. The van der Waals surface area contributed by atoms with Crippen LogP contribution in [0, 0.1) is 0 Å². The van der Waals surface area contributed by atoms with Crippen LogP contribution in [-0.2, 0) is 15.5 Å². The van der Waals surface area contributed by atoms with Crippen LogP contribution in [0.1, 0.15) is 25.8 Å². The average Bonchev–Trinajstić information content (AvgIpc) is 3.01. The third kappa shape index (κ3) is 3.26. The van der Waals surface area contributed by atoms with E-state index in [9.17, 15) is 13.0 Å². The molecule has 0 aliphatic carbocycles. The van der Waals surface area contributed by atoms with Crippen LogP contribution in [0.5, 0.6) is 5.75 Å². The maximum atomic E-state index is 11.5. The summed E-state index contributed by atoms with van der Waals surface area (Å²) in [5.74, 6) is 0.373. The van der Waals surface area contributed by atoms with Crippen molar-refractivity contribution in [3.8, 4) is 5.75 Å². The van der Waals surface area contributed by atoms with Gasteiger partial charge in [0.25, 0.3) is 10.1 Å². The van der Waals surface area contributed by atoms with Gasteiger partial charge in [0.2, 0.25) is 5.72 Å². The van der Waals surface area contributed by atoms with Crippen LogP contribution < -0.4 is 9.64 Å². The molecule has 178 valence electrons. The predicted octanol–water partition coefficient (Wildman–Crippen LogP) is 5.86. The van der Waals surface area contributed by atoms with E-state index in [4.69, 9.17) is 9.73 Å². The zero-order chi connectivity index (χ0) is 24.4. The summed E-state index contributed by atoms with van der Waals surface area (Å²) in [4.78, 5) is 7.08. The minimum atomic E-state index is -4.07. The van der Waals surface area contributed by atoms with Gasteiger partial charge in [0.15, 0.2) is 0 Å². The first-order valence-electron chi connectivity index (χ1n) is 11.7. The second kappa shape index (κ2) is 7.54. The van der Waals surface area contributed by atoms with Gasteiger partial charge < -0.3 is 9.64 Å². The van der Waals surface area contributed by atoms with E-state index >= 15 is 0 Å². The number of fused-ring (bicyclic) bond motifs is 6. The van der Waals surface area contributed by atoms with E-state index in [0.29, 0.717) is 12.3 Å². The summed E-state index contributed by atoms with van der Waals surface area (Å²) >= 11 is 0. The molecule has 6 rings (SSSR count). The van der Waals surface area contributed by atoms with Gasteiger partial charge >= 0.3 is 0 Å². The van der Waals surface area contributed by atoms with Crippen molar-refractivity contribution in [3.63, 3.8) is 0 Å². The molecule has 1 unspecified atom stereocenters. The molecule has 35 heavy (non-hydrogen) atoms. The van der Waals surface area contributed by atoms with Gasteiger partial charge in [-0.15, -0.1) is 0 Å². The van der Waals surface area contributed by atoms with Crippen LogP contribution in [-0.4, -0.2) is 37.2 Å². The van der Waals surface area contributed by atoms with E-state index in [0.717, 1.165) is 38.5 Å². The largest absolute Gasteiger partial charge is 0.459 e. The minimum Gasteiger partial charge on any atom is -0.459 e. The number of hydrogen-bond donors (Lipinski definition) is 1. The number of hydrogen-bond acceptors (Lipinski definition) is 5. The molecule has 0 amide bonds. The molecule has 0 radical (unpaired) electrons. The normalized spacial score (nSPS) is 20.3. The highest BCUT2D eigenvalue weighted by Crippen LogP contribution is 2.56. The molecule has 2 aliphatic rings. The third-order valence-corrected chi connectivity index (χ3v) is 8.21. The predicted molar refractivity (Wildman–Crippen MR) is 141 cm³/mol. The molecule has 1 spiro atoms. The van der Waals surface area contributed by atoms with Crippen molar-refractivity contribution in [1.29, 1.82) is 0 Å². The highest BCUT2D eigenvalue weighted by atomic mass is 32.2. The monoisotopic (exact) mass is 486 g/mol. The maximum Gasteiger partial charge on any atom is 0.264 e. The first-order chi connectivity index (χ1) is 16.7. The summed E-state index contributed by atoms with van der Waals surface area (Å²) in [6.07, 6.45) is 2.13. The number of nitrogens with zero attached hydrogens (tertiary/aromatic N) is 2. The lowest BCUT2D eigenvalue weighted by atomic mass is 9.75. The van der Waals surface area contributed by atoms with Crippen molar-refractivity contribution in [3.05, 3.63) is 78.4 Å². The Hall–Kier alpha value is -3.42. The lowest BCUT2D eigenvalue weighted by molar-refractivity contribution is 0.0783. The third-order valence-electron chi connectivity index (χ3n) is 7.40. The van der Waals surface area contributed by atoms with E-state index in [-0.39, 0.29) is 12.2 Å². The molecule has 1 atom stereocenters. The Morgan fingerprint density at radius 1 is 0.914 bits per heavy atom. The Morgan fingerprint density at radius 2 is 1.57 bits per heavy atom. The highest BCUT2D eigenvalue weighted by molar-refractivity contribution is 7.85. The second-order valence-corrected chi connectivity index (χ2v) is 11.4. The molecular formula is C28H26N2O4S. The molecule has 0 saturated carbocycles. The number of anilines is 1. The van der Waals surface area contributed by atoms with E-state index in [2.05, 4.69) is 49.1 Å². The molecule has 0 fully saturated rings. The van der Waals surface area contributed by atoms with Gasteiger partial charge in [0, 0.05) is 17.6 Å². The summed E-state index contributed by atoms with van der Waals surface area (Å²) in [5.41, 5.74) is 1.43. The molecule has 2 heterocycles. The minimum absolute atomic E-state index is 0.255. The molecule has 7 heteroatoms. The van der Waals surface area contributed by atoms with E-state index in [1.54, 1.807) is 0 Å². The lowest BCUT2D eigenvalue weighted by Crippen LogP contribution is -2.62. The van der Waals surface area contributed by atoms with Gasteiger partial charge in [0.05, 0.1) is 17.4 Å². The molecule has 4 aromatic carbocycles. The fraction of sp³-hybridized carbons (Fsp3) is 0.250. The topological polar surface area (TPSA) is 79.2 Å². The van der Waals surface area contributed by atoms with Crippen LogP contribution in [0.3, 0.4) is 0 Å². The number of benzene rings is 4. The molecule has 0 aromatic heterocycles. The fourth-order valence-electron chi connectivity index (χ4n) is 5.74. The fourth-order valence-corrected chi connectivity index (χ4v) is 6.23. The molecule has 4 aromatic rings. The highest BCUT2D eigenvalue weighted by Gasteiger charge is 2.60. The first-order valence-corrected chi connectivity index (χ1v) is 13.3. The molecule has 0 saturated heterocycles. The summed E-state index contributed by atoms with van der Waals surface area (Å²) in [6, 6.07) is 24.5. The van der Waals surface area contributed by atoms with Crippen molar-refractivity contribution in [2.75, 3.05) is 17.2 Å². The second-order valence-electron chi connectivity index (χ2n) is 9.79. The van der Waals surface area contributed by atoms with E-state index in [1.165, 1.54) is 0 Å². The van der Waals surface area contributed by atoms with Crippen LogP contribution in [0.2, 0.25) is 0 Å². The molecule has 2 aliphatic heterocycles.